The Bertz CT molecular complexity index is 920. The van der Waals surface area contributed by atoms with E-state index in [1.165, 1.54) is 17.7 Å². The van der Waals surface area contributed by atoms with Crippen LogP contribution in [0.3, 0.4) is 0 Å². The predicted molar refractivity (Wildman–Crippen MR) is 106 cm³/mol. The molecule has 1 aromatic heterocycles. The molecule has 2 N–H and O–H groups in total. The first kappa shape index (κ1) is 18.4. The van der Waals surface area contributed by atoms with E-state index < -0.39 is 0 Å². The Kier molecular flexibility index (Phi) is 6.25. The highest BCUT2D eigenvalue weighted by atomic mass is 32.2. The van der Waals surface area contributed by atoms with Gasteiger partial charge in [-0.05, 0) is 42.0 Å². The van der Waals surface area contributed by atoms with Crippen LogP contribution in [0.25, 0.3) is 5.69 Å². The number of H-pyrrole nitrogens is 1. The van der Waals surface area contributed by atoms with E-state index in [2.05, 4.69) is 22.4 Å². The number of nitrogens with one attached hydrogen (secondary N) is 2. The summed E-state index contributed by atoms with van der Waals surface area (Å²) in [6.07, 6.45) is 1.57. The van der Waals surface area contributed by atoms with E-state index in [4.69, 9.17) is 12.2 Å². The first-order valence-electron chi connectivity index (χ1n) is 8.11. The van der Waals surface area contributed by atoms with E-state index in [9.17, 15) is 9.18 Å². The van der Waals surface area contributed by atoms with Gasteiger partial charge in [-0.1, -0.05) is 30.3 Å². The number of hydrogen-bond acceptors (Lipinski definition) is 3. The number of rotatable bonds is 7. The Morgan fingerprint density at radius 3 is 2.62 bits per heavy atom. The molecular formula is C19H18FN3OS2. The molecule has 3 rings (SSSR count). The van der Waals surface area contributed by atoms with Gasteiger partial charge in [0.05, 0.1) is 0 Å². The summed E-state index contributed by atoms with van der Waals surface area (Å²) in [5.41, 5.74) is 2.30. The van der Waals surface area contributed by atoms with Gasteiger partial charge in [-0.15, -0.1) is 0 Å². The molecule has 3 aromatic rings. The fourth-order valence-electron chi connectivity index (χ4n) is 2.47. The van der Waals surface area contributed by atoms with E-state index in [-0.39, 0.29) is 11.7 Å². The first-order chi connectivity index (χ1) is 12.6. The molecule has 0 atom stereocenters. The van der Waals surface area contributed by atoms with Crippen LogP contribution in [-0.2, 0) is 5.75 Å². The summed E-state index contributed by atoms with van der Waals surface area (Å²) in [7, 11) is 0. The van der Waals surface area contributed by atoms with Crippen LogP contribution in [0.1, 0.15) is 16.1 Å². The number of carbonyl (C=O) groups excluding carboxylic acids is 1. The second kappa shape index (κ2) is 8.82. The molecule has 2 aromatic carbocycles. The number of imidazole rings is 1. The monoisotopic (exact) mass is 387 g/mol. The Balaban J connectivity index is 1.57. The highest BCUT2D eigenvalue weighted by Crippen LogP contribution is 2.14. The Morgan fingerprint density at radius 1 is 1.15 bits per heavy atom. The molecule has 4 nitrogen and oxygen atoms in total. The third-order valence-electron chi connectivity index (χ3n) is 3.74. The molecule has 0 aliphatic carbocycles. The fourth-order valence-corrected chi connectivity index (χ4v) is 3.56. The van der Waals surface area contributed by atoms with Crippen molar-refractivity contribution in [1.82, 2.24) is 14.9 Å². The molecule has 1 heterocycles. The van der Waals surface area contributed by atoms with Crippen LogP contribution in [0, 0.1) is 10.6 Å². The Hall–Kier alpha value is -2.38. The highest BCUT2D eigenvalue weighted by molar-refractivity contribution is 7.98. The van der Waals surface area contributed by atoms with E-state index in [0.29, 0.717) is 22.7 Å². The number of thioether (sulfide) groups is 1. The maximum absolute atomic E-state index is 13.1. The van der Waals surface area contributed by atoms with Crippen molar-refractivity contribution in [2.75, 3.05) is 12.3 Å². The summed E-state index contributed by atoms with van der Waals surface area (Å²) in [5, 5.41) is 2.90. The summed E-state index contributed by atoms with van der Waals surface area (Å²) in [4.78, 5) is 15.3. The van der Waals surface area contributed by atoms with Crippen LogP contribution in [0.5, 0.6) is 0 Å². The summed E-state index contributed by atoms with van der Waals surface area (Å²) >= 11 is 7.00. The second-order valence-electron chi connectivity index (χ2n) is 5.58. The zero-order valence-corrected chi connectivity index (χ0v) is 15.6. The Labute approximate surface area is 160 Å². The number of benzene rings is 2. The topological polar surface area (TPSA) is 49.8 Å². The molecular weight excluding hydrogens is 369 g/mol. The molecule has 0 saturated heterocycles. The lowest BCUT2D eigenvalue weighted by Crippen LogP contribution is -2.27. The molecule has 26 heavy (non-hydrogen) atoms. The minimum atomic E-state index is -0.336. The van der Waals surface area contributed by atoms with E-state index in [0.717, 1.165) is 11.5 Å². The number of carbonyl (C=O) groups is 1. The lowest BCUT2D eigenvalue weighted by atomic mass is 10.2. The van der Waals surface area contributed by atoms with Crippen LogP contribution in [0.15, 0.2) is 60.8 Å². The fraction of sp³-hybridized carbons (Fsp3) is 0.158. The number of hydrogen-bond donors (Lipinski definition) is 2. The van der Waals surface area contributed by atoms with Gasteiger partial charge in [-0.25, -0.2) is 4.39 Å². The summed E-state index contributed by atoms with van der Waals surface area (Å²) < 4.78 is 15.1. The minimum absolute atomic E-state index is 0.220. The number of aromatic amines is 1. The van der Waals surface area contributed by atoms with Crippen molar-refractivity contribution in [3.63, 3.8) is 0 Å². The van der Waals surface area contributed by atoms with Crippen molar-refractivity contribution >= 4 is 29.9 Å². The van der Waals surface area contributed by atoms with E-state index in [1.807, 2.05) is 18.2 Å². The lowest BCUT2D eigenvalue weighted by Gasteiger charge is -2.09. The van der Waals surface area contributed by atoms with Gasteiger partial charge in [0.25, 0.3) is 5.91 Å². The number of aromatic nitrogens is 2. The highest BCUT2D eigenvalue weighted by Gasteiger charge is 2.14. The van der Waals surface area contributed by atoms with Gasteiger partial charge >= 0.3 is 0 Å². The molecule has 0 radical (unpaired) electrons. The van der Waals surface area contributed by atoms with Crippen LogP contribution < -0.4 is 5.32 Å². The average Bonchev–Trinajstić information content (AvgIpc) is 3.04. The standard InChI is InChI=1S/C19H18FN3OS2/c20-15-6-8-16(9-7-15)23-17(12-22-19(23)25)18(24)21-10-11-26-13-14-4-2-1-3-5-14/h1-9,12H,10-11,13H2,(H,21,24)(H,22,25). The largest absolute Gasteiger partial charge is 0.350 e. The van der Waals surface area contributed by atoms with Crippen molar-refractivity contribution in [3.8, 4) is 5.69 Å². The van der Waals surface area contributed by atoms with Gasteiger partial charge in [0, 0.05) is 29.9 Å². The molecule has 0 unspecified atom stereocenters. The maximum atomic E-state index is 13.1. The molecule has 7 heteroatoms. The molecule has 0 saturated carbocycles. The van der Waals surface area contributed by atoms with Gasteiger partial charge in [-0.2, -0.15) is 11.8 Å². The van der Waals surface area contributed by atoms with Gasteiger partial charge < -0.3 is 10.3 Å². The molecule has 134 valence electrons. The predicted octanol–water partition coefficient (Wildman–Crippen LogP) is 4.34. The van der Waals surface area contributed by atoms with E-state index >= 15 is 0 Å². The van der Waals surface area contributed by atoms with Crippen LogP contribution in [0.4, 0.5) is 4.39 Å². The first-order valence-corrected chi connectivity index (χ1v) is 9.67. The quantitative estimate of drug-likeness (QED) is 0.468. The lowest BCUT2D eigenvalue weighted by molar-refractivity contribution is 0.0949. The molecule has 0 aliphatic heterocycles. The van der Waals surface area contributed by atoms with Crippen molar-refractivity contribution in [1.29, 1.82) is 0 Å². The molecule has 0 aliphatic rings. The van der Waals surface area contributed by atoms with E-state index in [1.54, 1.807) is 34.7 Å². The normalized spacial score (nSPS) is 10.7. The number of amides is 1. The van der Waals surface area contributed by atoms with Gasteiger partial charge in [0.15, 0.2) is 4.77 Å². The molecule has 0 bridgehead atoms. The third kappa shape index (κ3) is 4.62. The Morgan fingerprint density at radius 2 is 1.88 bits per heavy atom. The van der Waals surface area contributed by atoms with Crippen molar-refractivity contribution in [3.05, 3.63) is 82.6 Å². The summed E-state index contributed by atoms with van der Waals surface area (Å²) in [6, 6.07) is 16.1. The zero-order valence-electron chi connectivity index (χ0n) is 13.9. The third-order valence-corrected chi connectivity index (χ3v) is 5.07. The van der Waals surface area contributed by atoms with Gasteiger partial charge in [0.2, 0.25) is 0 Å². The average molecular weight is 388 g/mol. The van der Waals surface area contributed by atoms with Crippen molar-refractivity contribution in [2.24, 2.45) is 0 Å². The van der Waals surface area contributed by atoms with Crippen LogP contribution in [-0.4, -0.2) is 27.8 Å². The maximum Gasteiger partial charge on any atom is 0.269 e. The molecule has 0 spiro atoms. The molecule has 1 amide bonds. The summed E-state index contributed by atoms with van der Waals surface area (Å²) in [6.45, 7) is 0.553. The number of halogens is 1. The SMILES string of the molecule is O=C(NCCSCc1ccccc1)c1c[nH]c(=S)n1-c1ccc(F)cc1. The van der Waals surface area contributed by atoms with Crippen LogP contribution in [0.2, 0.25) is 0 Å². The second-order valence-corrected chi connectivity index (χ2v) is 7.08. The summed E-state index contributed by atoms with van der Waals surface area (Å²) in [5.74, 6) is 1.16. The van der Waals surface area contributed by atoms with Crippen LogP contribution >= 0.6 is 24.0 Å². The smallest absolute Gasteiger partial charge is 0.269 e. The zero-order chi connectivity index (χ0) is 18.4. The number of nitrogens with zero attached hydrogens (tertiary/aromatic N) is 1. The van der Waals surface area contributed by atoms with Crippen molar-refractivity contribution in [2.45, 2.75) is 5.75 Å². The molecule has 0 fully saturated rings. The minimum Gasteiger partial charge on any atom is -0.350 e. The van der Waals surface area contributed by atoms with Gasteiger partial charge in [0.1, 0.15) is 11.5 Å². The van der Waals surface area contributed by atoms with Crippen molar-refractivity contribution < 1.29 is 9.18 Å². The van der Waals surface area contributed by atoms with Gasteiger partial charge in [-0.3, -0.25) is 9.36 Å².